The molecule has 2 bridgehead atoms. The number of methoxy groups -OCH3 is 1. The Morgan fingerprint density at radius 1 is 1.00 bits per heavy atom. The normalized spacial score (nSPS) is 31.1. The van der Waals surface area contributed by atoms with E-state index in [0.29, 0.717) is 17.1 Å². The van der Waals surface area contributed by atoms with Crippen molar-refractivity contribution in [2.75, 3.05) is 17.3 Å². The quantitative estimate of drug-likeness (QED) is 0.459. The molecule has 1 saturated heterocycles. The molecule has 1 heterocycles. The average molecular weight is 548 g/mol. The highest BCUT2D eigenvalue weighted by molar-refractivity contribution is 9.12. The summed E-state index contributed by atoms with van der Waals surface area (Å²) in [7, 11) is 1.56. The maximum Gasteiger partial charge on any atom is 0.257 e. The van der Waals surface area contributed by atoms with Crippen molar-refractivity contribution in [2.45, 2.75) is 16.1 Å². The van der Waals surface area contributed by atoms with Crippen LogP contribution in [0.15, 0.2) is 48.5 Å². The SMILES string of the molecule is COc1cccc(NC(=O)c2ccccc2N2C(=O)[C@@H]3[C@H]4C[C@@H]([C@H](Br)[C@H]4Br)[C@H]3C2=O)c1. The van der Waals surface area contributed by atoms with Crippen LogP contribution in [0.5, 0.6) is 5.75 Å². The molecule has 6 atom stereocenters. The summed E-state index contributed by atoms with van der Waals surface area (Å²) in [6.45, 7) is 0. The number of nitrogens with zero attached hydrogens (tertiary/aromatic N) is 1. The molecule has 1 N–H and O–H groups in total. The van der Waals surface area contributed by atoms with Crippen molar-refractivity contribution < 1.29 is 19.1 Å². The Hall–Kier alpha value is -2.19. The van der Waals surface area contributed by atoms with Gasteiger partial charge in [0.05, 0.1) is 30.2 Å². The van der Waals surface area contributed by atoms with E-state index in [0.717, 1.165) is 6.42 Å². The molecule has 3 fully saturated rings. The third kappa shape index (κ3) is 3.14. The van der Waals surface area contributed by atoms with Gasteiger partial charge in [0.25, 0.3) is 5.91 Å². The van der Waals surface area contributed by atoms with Crippen LogP contribution in [0.2, 0.25) is 0 Å². The Morgan fingerprint density at radius 3 is 2.29 bits per heavy atom. The van der Waals surface area contributed by atoms with Crippen LogP contribution in [0.25, 0.3) is 0 Å². The number of carbonyl (C=O) groups excluding carboxylic acids is 3. The zero-order chi connectivity index (χ0) is 21.9. The van der Waals surface area contributed by atoms with E-state index in [2.05, 4.69) is 37.2 Å². The summed E-state index contributed by atoms with van der Waals surface area (Å²) >= 11 is 7.41. The smallest absolute Gasteiger partial charge is 0.257 e. The highest BCUT2D eigenvalue weighted by atomic mass is 79.9. The number of halogens is 2. The van der Waals surface area contributed by atoms with Crippen molar-refractivity contribution in [3.8, 4) is 5.75 Å². The summed E-state index contributed by atoms with van der Waals surface area (Å²) in [5.41, 5.74) is 1.19. The van der Waals surface area contributed by atoms with E-state index in [-0.39, 0.29) is 56.6 Å². The summed E-state index contributed by atoms with van der Waals surface area (Å²) in [5.74, 6) is -0.581. The number of rotatable bonds is 4. The van der Waals surface area contributed by atoms with Crippen LogP contribution >= 0.6 is 31.9 Å². The van der Waals surface area contributed by atoms with Gasteiger partial charge in [-0.15, -0.1) is 0 Å². The van der Waals surface area contributed by atoms with Gasteiger partial charge >= 0.3 is 0 Å². The van der Waals surface area contributed by atoms with Crippen molar-refractivity contribution in [2.24, 2.45) is 23.7 Å². The minimum absolute atomic E-state index is 0.124. The van der Waals surface area contributed by atoms with E-state index in [4.69, 9.17) is 4.74 Å². The Bertz CT molecular complexity index is 1060. The largest absolute Gasteiger partial charge is 0.497 e. The lowest BCUT2D eigenvalue weighted by Gasteiger charge is -2.28. The van der Waals surface area contributed by atoms with Gasteiger partial charge in [0.2, 0.25) is 11.8 Å². The molecule has 8 heteroatoms. The van der Waals surface area contributed by atoms with Gasteiger partial charge in [-0.25, -0.2) is 4.90 Å². The summed E-state index contributed by atoms with van der Waals surface area (Å²) < 4.78 is 5.20. The minimum atomic E-state index is -0.388. The molecule has 31 heavy (non-hydrogen) atoms. The molecular weight excluding hydrogens is 528 g/mol. The lowest BCUT2D eigenvalue weighted by atomic mass is 9.81. The molecular formula is C23H20Br2N2O4. The Balaban J connectivity index is 1.46. The number of anilines is 2. The van der Waals surface area contributed by atoms with Gasteiger partial charge in [0.15, 0.2) is 0 Å². The number of hydrogen-bond donors (Lipinski definition) is 1. The van der Waals surface area contributed by atoms with Gasteiger partial charge in [-0.2, -0.15) is 0 Å². The fourth-order valence-corrected chi connectivity index (χ4v) is 7.22. The van der Waals surface area contributed by atoms with Gasteiger partial charge in [-0.3, -0.25) is 14.4 Å². The standard InChI is InChI=1S/C23H20Br2N2O4/c1-31-12-6-4-5-11(9-12)26-21(28)13-7-2-3-8-16(13)27-22(29)17-14-10-15(18(17)23(27)30)20(25)19(14)24/h2-9,14-15,17-20H,10H2,1H3,(H,26,28)/t14-,15-,17-,18-,19+,20+/m1/s1. The number of carbonyl (C=O) groups is 3. The first-order valence-electron chi connectivity index (χ1n) is 10.1. The molecule has 6 nitrogen and oxygen atoms in total. The first kappa shape index (κ1) is 20.7. The van der Waals surface area contributed by atoms with E-state index < -0.39 is 0 Å². The number of hydrogen-bond acceptors (Lipinski definition) is 4. The molecule has 0 aromatic heterocycles. The van der Waals surface area contributed by atoms with Crippen LogP contribution in [0, 0.1) is 23.7 Å². The first-order valence-corrected chi connectivity index (χ1v) is 12.0. The molecule has 3 amide bonds. The van der Waals surface area contributed by atoms with E-state index in [1.54, 1.807) is 55.6 Å². The Labute approximate surface area is 196 Å². The molecule has 0 unspecified atom stereocenters. The molecule has 3 aliphatic rings. The van der Waals surface area contributed by atoms with Crippen LogP contribution in [0.4, 0.5) is 11.4 Å². The maximum atomic E-state index is 13.4. The predicted molar refractivity (Wildman–Crippen MR) is 124 cm³/mol. The second kappa shape index (κ2) is 7.74. The Morgan fingerprint density at radius 2 is 1.65 bits per heavy atom. The molecule has 160 valence electrons. The number of benzene rings is 2. The molecule has 2 aromatic rings. The number of para-hydroxylation sites is 1. The number of ether oxygens (including phenoxy) is 1. The van der Waals surface area contributed by atoms with E-state index in [1.807, 2.05) is 0 Å². The van der Waals surface area contributed by atoms with Crippen LogP contribution < -0.4 is 15.0 Å². The van der Waals surface area contributed by atoms with Gasteiger partial charge in [0, 0.05) is 21.4 Å². The zero-order valence-corrected chi connectivity index (χ0v) is 19.8. The summed E-state index contributed by atoms with van der Waals surface area (Å²) in [6.07, 6.45) is 0.866. The second-order valence-electron chi connectivity index (χ2n) is 8.22. The first-order chi connectivity index (χ1) is 14.9. The lowest BCUT2D eigenvalue weighted by molar-refractivity contribution is -0.123. The molecule has 5 rings (SSSR count). The van der Waals surface area contributed by atoms with E-state index >= 15 is 0 Å². The zero-order valence-electron chi connectivity index (χ0n) is 16.6. The second-order valence-corrected chi connectivity index (χ2v) is 10.3. The van der Waals surface area contributed by atoms with Crippen LogP contribution in [-0.4, -0.2) is 34.5 Å². The third-order valence-corrected chi connectivity index (χ3v) is 9.91. The number of imide groups is 1. The summed E-state index contributed by atoms with van der Waals surface area (Å²) in [5, 5.41) is 2.84. The molecule has 2 saturated carbocycles. The molecule has 0 radical (unpaired) electrons. The third-order valence-electron chi connectivity index (χ3n) is 6.70. The number of nitrogens with one attached hydrogen (secondary N) is 1. The highest BCUT2D eigenvalue weighted by Crippen LogP contribution is 2.60. The van der Waals surface area contributed by atoms with Crippen molar-refractivity contribution >= 4 is 61.0 Å². The van der Waals surface area contributed by atoms with Gasteiger partial charge in [-0.05, 0) is 42.5 Å². The van der Waals surface area contributed by atoms with Crippen molar-refractivity contribution in [3.05, 3.63) is 54.1 Å². The van der Waals surface area contributed by atoms with Crippen LogP contribution in [0.3, 0.4) is 0 Å². The van der Waals surface area contributed by atoms with Gasteiger partial charge in [0.1, 0.15) is 5.75 Å². The van der Waals surface area contributed by atoms with E-state index in [9.17, 15) is 14.4 Å². The monoisotopic (exact) mass is 546 g/mol. The number of fused-ring (bicyclic) bond motifs is 5. The highest BCUT2D eigenvalue weighted by Gasteiger charge is 2.66. The van der Waals surface area contributed by atoms with E-state index in [1.165, 1.54) is 4.90 Å². The van der Waals surface area contributed by atoms with Gasteiger partial charge < -0.3 is 10.1 Å². The minimum Gasteiger partial charge on any atom is -0.497 e. The van der Waals surface area contributed by atoms with Crippen molar-refractivity contribution in [1.29, 1.82) is 0 Å². The average Bonchev–Trinajstić information content (AvgIpc) is 3.38. The summed E-state index contributed by atoms with van der Waals surface area (Å²) in [6, 6.07) is 13.8. The fraction of sp³-hybridized carbons (Fsp3) is 0.348. The van der Waals surface area contributed by atoms with Crippen LogP contribution in [0.1, 0.15) is 16.8 Å². The fourth-order valence-electron chi connectivity index (χ4n) is 5.35. The number of amides is 3. The van der Waals surface area contributed by atoms with Crippen LogP contribution in [-0.2, 0) is 9.59 Å². The Kier molecular flexibility index (Phi) is 5.17. The maximum absolute atomic E-state index is 13.4. The van der Waals surface area contributed by atoms with Gasteiger partial charge in [-0.1, -0.05) is 50.1 Å². The summed E-state index contributed by atoms with van der Waals surface area (Å²) in [4.78, 5) is 41.4. The predicted octanol–water partition coefficient (Wildman–Crippen LogP) is 4.23. The molecule has 2 aromatic carbocycles. The molecule has 2 aliphatic carbocycles. The molecule has 1 aliphatic heterocycles. The lowest BCUT2D eigenvalue weighted by Crippen LogP contribution is -2.37. The molecule has 0 spiro atoms. The van der Waals surface area contributed by atoms with Crippen molar-refractivity contribution in [1.82, 2.24) is 0 Å². The topological polar surface area (TPSA) is 75.7 Å². The number of alkyl halides is 2. The van der Waals surface area contributed by atoms with Crippen molar-refractivity contribution in [3.63, 3.8) is 0 Å².